The number of hydrogen-bond donors (Lipinski definition) is 1. The van der Waals surface area contributed by atoms with Crippen LogP contribution in [-0.2, 0) is 6.54 Å². The quantitative estimate of drug-likeness (QED) is 0.866. The molecule has 0 saturated heterocycles. The molecular formula is C15H10F5NO2. The number of alkyl halides is 3. The van der Waals surface area contributed by atoms with Crippen LogP contribution in [0, 0.1) is 11.6 Å². The summed E-state index contributed by atoms with van der Waals surface area (Å²) in [6, 6.07) is 7.43. The topological polar surface area (TPSA) is 38.3 Å². The molecule has 0 radical (unpaired) electrons. The van der Waals surface area contributed by atoms with E-state index in [1.54, 1.807) is 0 Å². The maximum Gasteiger partial charge on any atom is 0.573 e. The van der Waals surface area contributed by atoms with Gasteiger partial charge in [0.2, 0.25) is 0 Å². The van der Waals surface area contributed by atoms with Crippen LogP contribution in [0.4, 0.5) is 22.0 Å². The van der Waals surface area contributed by atoms with E-state index in [9.17, 15) is 26.7 Å². The van der Waals surface area contributed by atoms with Gasteiger partial charge in [0.05, 0.1) is 0 Å². The number of halogens is 5. The van der Waals surface area contributed by atoms with E-state index in [1.165, 1.54) is 6.07 Å². The number of nitrogens with one attached hydrogen (secondary N) is 1. The van der Waals surface area contributed by atoms with Gasteiger partial charge < -0.3 is 10.1 Å². The van der Waals surface area contributed by atoms with Crippen LogP contribution in [0.5, 0.6) is 5.75 Å². The summed E-state index contributed by atoms with van der Waals surface area (Å²) < 4.78 is 66.5. The van der Waals surface area contributed by atoms with E-state index < -0.39 is 36.2 Å². The fourth-order valence-electron chi connectivity index (χ4n) is 1.78. The van der Waals surface area contributed by atoms with Crippen LogP contribution in [0.15, 0.2) is 42.5 Å². The Hall–Kier alpha value is -2.64. The van der Waals surface area contributed by atoms with Crippen molar-refractivity contribution in [3.8, 4) is 5.75 Å². The lowest BCUT2D eigenvalue weighted by atomic mass is 10.1. The van der Waals surface area contributed by atoms with Crippen molar-refractivity contribution < 1.29 is 31.5 Å². The van der Waals surface area contributed by atoms with E-state index in [1.807, 2.05) is 0 Å². The number of amides is 1. The van der Waals surface area contributed by atoms with Crippen LogP contribution < -0.4 is 10.1 Å². The molecule has 0 unspecified atom stereocenters. The average Bonchev–Trinajstić information content (AvgIpc) is 2.45. The molecule has 2 rings (SSSR count). The highest BCUT2D eigenvalue weighted by atomic mass is 19.4. The molecule has 2 aromatic rings. The second kappa shape index (κ2) is 6.64. The summed E-state index contributed by atoms with van der Waals surface area (Å²) in [5.74, 6) is -2.78. The number of carbonyl (C=O) groups is 1. The first-order chi connectivity index (χ1) is 10.8. The third kappa shape index (κ3) is 4.67. The summed E-state index contributed by atoms with van der Waals surface area (Å²) in [6.07, 6.45) is -4.83. The van der Waals surface area contributed by atoms with Crippen molar-refractivity contribution in [2.24, 2.45) is 0 Å². The molecule has 0 aliphatic rings. The molecule has 0 saturated carbocycles. The van der Waals surface area contributed by atoms with E-state index in [4.69, 9.17) is 0 Å². The third-order valence-electron chi connectivity index (χ3n) is 2.84. The highest BCUT2D eigenvalue weighted by molar-refractivity contribution is 5.94. The average molecular weight is 331 g/mol. The minimum atomic E-state index is -4.83. The van der Waals surface area contributed by atoms with Gasteiger partial charge in [-0.15, -0.1) is 13.2 Å². The van der Waals surface area contributed by atoms with Gasteiger partial charge in [0, 0.05) is 17.7 Å². The van der Waals surface area contributed by atoms with Gasteiger partial charge in [-0.2, -0.15) is 0 Å². The standard InChI is InChI=1S/C15H10F5NO2/c16-12-2-1-3-13(17)11(12)8-21-14(22)9-4-6-10(7-5-9)23-15(18,19)20/h1-7H,8H2,(H,21,22). The summed E-state index contributed by atoms with van der Waals surface area (Å²) in [6.45, 7) is -0.391. The van der Waals surface area contributed by atoms with Crippen molar-refractivity contribution in [2.75, 3.05) is 0 Å². The normalized spacial score (nSPS) is 11.2. The zero-order chi connectivity index (χ0) is 17.0. The Bertz CT molecular complexity index is 678. The van der Waals surface area contributed by atoms with Crippen molar-refractivity contribution in [2.45, 2.75) is 12.9 Å². The summed E-state index contributed by atoms with van der Waals surface area (Å²) in [4.78, 5) is 11.8. The Morgan fingerprint density at radius 1 is 1.00 bits per heavy atom. The van der Waals surface area contributed by atoms with E-state index in [-0.39, 0.29) is 11.1 Å². The number of rotatable bonds is 4. The lowest BCUT2D eigenvalue weighted by molar-refractivity contribution is -0.274. The summed E-state index contributed by atoms with van der Waals surface area (Å²) in [5.41, 5.74) is -0.283. The molecule has 1 N–H and O–H groups in total. The van der Waals surface area contributed by atoms with Gasteiger partial charge in [-0.25, -0.2) is 8.78 Å². The number of ether oxygens (including phenoxy) is 1. The van der Waals surface area contributed by atoms with Gasteiger partial charge in [0.15, 0.2) is 0 Å². The Morgan fingerprint density at radius 3 is 2.09 bits per heavy atom. The van der Waals surface area contributed by atoms with Crippen LogP contribution in [0.1, 0.15) is 15.9 Å². The zero-order valence-electron chi connectivity index (χ0n) is 11.5. The largest absolute Gasteiger partial charge is 0.573 e. The van der Waals surface area contributed by atoms with Crippen molar-refractivity contribution in [3.63, 3.8) is 0 Å². The van der Waals surface area contributed by atoms with Crippen LogP contribution in [0.3, 0.4) is 0 Å². The first-order valence-corrected chi connectivity index (χ1v) is 6.33. The van der Waals surface area contributed by atoms with E-state index in [0.29, 0.717) is 0 Å². The van der Waals surface area contributed by atoms with Crippen LogP contribution >= 0.6 is 0 Å². The second-order valence-electron chi connectivity index (χ2n) is 4.46. The Balaban J connectivity index is 2.01. The molecule has 0 spiro atoms. The molecular weight excluding hydrogens is 321 g/mol. The molecule has 1 amide bonds. The predicted octanol–water partition coefficient (Wildman–Crippen LogP) is 3.79. The Kier molecular flexibility index (Phi) is 4.83. The minimum absolute atomic E-state index is 0.0243. The Morgan fingerprint density at radius 2 is 1.57 bits per heavy atom. The van der Waals surface area contributed by atoms with Crippen molar-refractivity contribution in [3.05, 3.63) is 65.2 Å². The van der Waals surface area contributed by atoms with Gasteiger partial charge in [-0.05, 0) is 36.4 Å². The van der Waals surface area contributed by atoms with Gasteiger partial charge in [-0.3, -0.25) is 4.79 Å². The third-order valence-corrected chi connectivity index (χ3v) is 2.84. The number of carbonyl (C=O) groups excluding carboxylic acids is 1. The predicted molar refractivity (Wildman–Crippen MR) is 70.7 cm³/mol. The van der Waals surface area contributed by atoms with Gasteiger partial charge in [0.1, 0.15) is 17.4 Å². The molecule has 0 atom stereocenters. The fraction of sp³-hybridized carbons (Fsp3) is 0.133. The maximum absolute atomic E-state index is 13.4. The maximum atomic E-state index is 13.4. The molecule has 122 valence electrons. The monoisotopic (exact) mass is 331 g/mol. The zero-order valence-corrected chi connectivity index (χ0v) is 11.5. The smallest absolute Gasteiger partial charge is 0.406 e. The molecule has 8 heteroatoms. The lowest BCUT2D eigenvalue weighted by Crippen LogP contribution is -2.24. The lowest BCUT2D eigenvalue weighted by Gasteiger charge is -2.10. The van der Waals surface area contributed by atoms with Crippen LogP contribution in [0.25, 0.3) is 0 Å². The first-order valence-electron chi connectivity index (χ1n) is 6.33. The van der Waals surface area contributed by atoms with Crippen molar-refractivity contribution in [1.29, 1.82) is 0 Å². The first kappa shape index (κ1) is 16.7. The Labute approximate surface area is 127 Å². The summed E-state index contributed by atoms with van der Waals surface area (Å²) in [5, 5.41) is 2.28. The molecule has 0 fully saturated rings. The van der Waals surface area contributed by atoms with Crippen LogP contribution in [0.2, 0.25) is 0 Å². The molecule has 23 heavy (non-hydrogen) atoms. The van der Waals surface area contributed by atoms with Crippen molar-refractivity contribution in [1.82, 2.24) is 5.32 Å². The molecule has 0 aliphatic carbocycles. The highest BCUT2D eigenvalue weighted by Gasteiger charge is 2.31. The second-order valence-corrected chi connectivity index (χ2v) is 4.46. The highest BCUT2D eigenvalue weighted by Crippen LogP contribution is 2.22. The van der Waals surface area contributed by atoms with Crippen LogP contribution in [-0.4, -0.2) is 12.3 Å². The van der Waals surface area contributed by atoms with Gasteiger partial charge >= 0.3 is 6.36 Å². The molecule has 3 nitrogen and oxygen atoms in total. The molecule has 0 aliphatic heterocycles. The van der Waals surface area contributed by atoms with Gasteiger partial charge in [-0.1, -0.05) is 6.07 Å². The van der Waals surface area contributed by atoms with E-state index >= 15 is 0 Å². The SMILES string of the molecule is O=C(NCc1c(F)cccc1F)c1ccc(OC(F)(F)F)cc1. The molecule has 2 aromatic carbocycles. The van der Waals surface area contributed by atoms with E-state index in [0.717, 1.165) is 36.4 Å². The summed E-state index contributed by atoms with van der Waals surface area (Å²) >= 11 is 0. The van der Waals surface area contributed by atoms with Gasteiger partial charge in [0.25, 0.3) is 5.91 Å². The van der Waals surface area contributed by atoms with Crippen molar-refractivity contribution >= 4 is 5.91 Å². The number of benzene rings is 2. The van der Waals surface area contributed by atoms with E-state index in [2.05, 4.69) is 10.1 Å². The molecule has 0 heterocycles. The summed E-state index contributed by atoms with van der Waals surface area (Å²) in [7, 11) is 0. The minimum Gasteiger partial charge on any atom is -0.406 e. The molecule has 0 bridgehead atoms. The number of hydrogen-bond acceptors (Lipinski definition) is 2. The molecule has 0 aromatic heterocycles. The fourth-order valence-corrected chi connectivity index (χ4v) is 1.78.